The largest absolute Gasteiger partial charge is 0.495 e. The first-order chi connectivity index (χ1) is 19.4. The lowest BCUT2D eigenvalue weighted by molar-refractivity contribution is 0.0997. The molecule has 0 atom stereocenters. The van der Waals surface area contributed by atoms with Gasteiger partial charge in [-0.2, -0.15) is 5.26 Å². The molecule has 0 bridgehead atoms. The van der Waals surface area contributed by atoms with Crippen LogP contribution in [-0.4, -0.2) is 69.0 Å². The number of amides is 1. The molecule has 1 heterocycles. The third-order valence-electron chi connectivity index (χ3n) is 7.52. The fraction of sp³-hybridized carbons (Fsp3) is 0.375. The zero-order valence-corrected chi connectivity index (χ0v) is 23.5. The van der Waals surface area contributed by atoms with E-state index in [0.717, 1.165) is 60.9 Å². The summed E-state index contributed by atoms with van der Waals surface area (Å²) in [5, 5.41) is 14.3. The Balaban J connectivity index is 1.48. The van der Waals surface area contributed by atoms with Crippen LogP contribution in [0.3, 0.4) is 0 Å². The number of likely N-dealkylation sites (N-methyl/N-ethyl adjacent to an activating group) is 1. The van der Waals surface area contributed by atoms with E-state index in [9.17, 15) is 4.79 Å². The molecule has 1 fully saturated rings. The van der Waals surface area contributed by atoms with Crippen LogP contribution in [0.4, 0.5) is 5.69 Å². The van der Waals surface area contributed by atoms with Crippen LogP contribution < -0.4 is 10.1 Å². The second-order valence-corrected chi connectivity index (χ2v) is 10.2. The third-order valence-corrected chi connectivity index (χ3v) is 7.52. The fourth-order valence-electron chi connectivity index (χ4n) is 5.11. The first-order valence-electron chi connectivity index (χ1n) is 13.6. The second kappa shape index (κ2) is 13.8. The summed E-state index contributed by atoms with van der Waals surface area (Å²) in [6.07, 6.45) is 6.03. The van der Waals surface area contributed by atoms with Crippen LogP contribution >= 0.6 is 0 Å². The summed E-state index contributed by atoms with van der Waals surface area (Å²) in [6, 6.07) is 17.9. The Hall–Kier alpha value is -4.06. The smallest absolute Gasteiger partial charge is 0.295 e. The van der Waals surface area contributed by atoms with Crippen LogP contribution in [0.25, 0.3) is 22.0 Å². The van der Waals surface area contributed by atoms with Crippen LogP contribution in [0.15, 0.2) is 65.7 Å². The second-order valence-electron chi connectivity index (χ2n) is 10.2. The van der Waals surface area contributed by atoms with Gasteiger partial charge in [-0.1, -0.05) is 30.8 Å². The molecule has 1 saturated carbocycles. The third kappa shape index (κ3) is 7.12. The average Bonchev–Trinajstić information content (AvgIpc) is 3.00. The normalized spacial score (nSPS) is 17.2. The zero-order valence-electron chi connectivity index (χ0n) is 23.5. The van der Waals surface area contributed by atoms with E-state index >= 15 is 0 Å². The van der Waals surface area contributed by atoms with Crippen molar-refractivity contribution < 1.29 is 14.3 Å². The van der Waals surface area contributed by atoms with Crippen molar-refractivity contribution in [2.45, 2.75) is 31.7 Å². The fourth-order valence-corrected chi connectivity index (χ4v) is 5.11. The van der Waals surface area contributed by atoms with E-state index in [2.05, 4.69) is 39.9 Å². The van der Waals surface area contributed by atoms with Gasteiger partial charge in [0.1, 0.15) is 11.4 Å². The maximum Gasteiger partial charge on any atom is 0.295 e. The number of nitrogens with one attached hydrogen (secondary N) is 1. The first-order valence-corrected chi connectivity index (χ1v) is 13.6. The van der Waals surface area contributed by atoms with E-state index in [1.807, 2.05) is 48.7 Å². The van der Waals surface area contributed by atoms with Gasteiger partial charge in [0.2, 0.25) is 0 Å². The van der Waals surface area contributed by atoms with Gasteiger partial charge in [-0.05, 0) is 68.3 Å². The minimum atomic E-state index is -0.332. The van der Waals surface area contributed by atoms with Gasteiger partial charge in [0.15, 0.2) is 0 Å². The Kier molecular flexibility index (Phi) is 10.0. The molecule has 8 nitrogen and oxygen atoms in total. The minimum absolute atomic E-state index is 0.303. The highest BCUT2D eigenvalue weighted by Gasteiger charge is 2.23. The summed E-state index contributed by atoms with van der Waals surface area (Å²) in [7, 11) is 5.49. The van der Waals surface area contributed by atoms with Gasteiger partial charge in [-0.15, -0.1) is 0 Å². The molecule has 40 heavy (non-hydrogen) atoms. The molecule has 1 aromatic heterocycles. The number of aliphatic imine (C=N–C) groups is 1. The van der Waals surface area contributed by atoms with Crippen molar-refractivity contribution in [3.8, 4) is 23.1 Å². The van der Waals surface area contributed by atoms with E-state index in [4.69, 9.17) is 14.7 Å². The van der Waals surface area contributed by atoms with Crippen molar-refractivity contribution in [1.29, 1.82) is 5.26 Å². The monoisotopic (exact) mass is 539 g/mol. The lowest BCUT2D eigenvalue weighted by atomic mass is 9.86. The summed E-state index contributed by atoms with van der Waals surface area (Å²) in [5.41, 5.74) is 3.05. The maximum atomic E-state index is 12.9. The van der Waals surface area contributed by atoms with Gasteiger partial charge in [0.25, 0.3) is 5.91 Å². The molecule has 0 saturated heterocycles. The number of ether oxygens (including phenoxy) is 2. The summed E-state index contributed by atoms with van der Waals surface area (Å²) in [5.74, 6) is 0.635. The molecule has 1 amide bonds. The number of hydrogen-bond acceptors (Lipinski definition) is 7. The predicted octanol–water partition coefficient (Wildman–Crippen LogP) is 5.75. The van der Waals surface area contributed by atoms with E-state index in [-0.39, 0.29) is 5.91 Å². The molecule has 1 N–H and O–H groups in total. The molecule has 0 aliphatic heterocycles. The number of benzene rings is 2. The lowest BCUT2D eigenvalue weighted by Gasteiger charge is -2.33. The van der Waals surface area contributed by atoms with Crippen molar-refractivity contribution >= 4 is 28.6 Å². The highest BCUT2D eigenvalue weighted by Crippen LogP contribution is 2.35. The summed E-state index contributed by atoms with van der Waals surface area (Å²) in [6.45, 7) is 5.73. The van der Waals surface area contributed by atoms with Crippen LogP contribution in [0.2, 0.25) is 0 Å². The Morgan fingerprint density at radius 1 is 1.20 bits per heavy atom. The minimum Gasteiger partial charge on any atom is -0.495 e. The van der Waals surface area contributed by atoms with Gasteiger partial charge >= 0.3 is 0 Å². The first kappa shape index (κ1) is 28.9. The van der Waals surface area contributed by atoms with Crippen molar-refractivity contribution in [2.24, 2.45) is 10.9 Å². The quantitative estimate of drug-likeness (QED) is 0.245. The summed E-state index contributed by atoms with van der Waals surface area (Å²) >= 11 is 0. The topological polar surface area (TPSA) is 99.8 Å². The van der Waals surface area contributed by atoms with Gasteiger partial charge in [0.05, 0.1) is 31.2 Å². The van der Waals surface area contributed by atoms with Gasteiger partial charge < -0.3 is 19.7 Å². The number of rotatable bonds is 11. The molecule has 0 radical (unpaired) electrons. The van der Waals surface area contributed by atoms with Crippen LogP contribution in [-0.2, 0) is 4.74 Å². The van der Waals surface area contributed by atoms with Crippen molar-refractivity contribution in [3.05, 3.63) is 66.4 Å². The molecule has 208 valence electrons. The molecule has 1 aliphatic carbocycles. The van der Waals surface area contributed by atoms with E-state index in [1.54, 1.807) is 20.3 Å². The van der Waals surface area contributed by atoms with Crippen LogP contribution in [0.5, 0.6) is 5.75 Å². The Bertz CT molecular complexity index is 1420. The molecule has 1 aliphatic rings. The predicted molar refractivity (Wildman–Crippen MR) is 160 cm³/mol. The number of nitrogens with zero attached hydrogens (tertiary/aromatic N) is 4. The van der Waals surface area contributed by atoms with Crippen LogP contribution in [0.1, 0.15) is 36.2 Å². The molecular weight excluding hydrogens is 502 g/mol. The van der Waals surface area contributed by atoms with Gasteiger partial charge in [-0.25, -0.2) is 9.98 Å². The number of carbonyl (C=O) groups excluding carboxylic acids is 1. The number of fused-ring (bicyclic) bond motifs is 1. The molecule has 8 heteroatoms. The number of carbonyl (C=O) groups is 1. The molecule has 2 aromatic carbocycles. The Morgan fingerprint density at radius 2 is 1.98 bits per heavy atom. The molecule has 4 rings (SSSR count). The Morgan fingerprint density at radius 3 is 2.70 bits per heavy atom. The van der Waals surface area contributed by atoms with E-state index in [0.29, 0.717) is 41.2 Å². The van der Waals surface area contributed by atoms with Gasteiger partial charge in [-0.3, -0.25) is 4.79 Å². The van der Waals surface area contributed by atoms with Crippen molar-refractivity contribution in [2.75, 3.05) is 46.3 Å². The number of anilines is 1. The SMILES string of the molecule is C=C(C#N)CNc1c(OC)ccc2ccc(-c3cccc(C(=O)N=CC4CCC(N(C)CCOC)CC4)n3)cc12. The zero-order chi connectivity index (χ0) is 28.5. The highest BCUT2D eigenvalue weighted by molar-refractivity contribution is 6.00. The standard InChI is InChI=1S/C32H37N5O3/c1-22(19-33)20-34-31-27-18-25(11-10-24(27)12-15-30(31)40-4)28-6-5-7-29(36-28)32(38)35-21-23-8-13-26(14-9-23)37(2)16-17-39-3/h5-7,10-12,15,18,21,23,26,34H,1,8-9,13-14,16-17,20H2,2-4H3. The molecule has 0 unspecified atom stereocenters. The van der Waals surface area contributed by atoms with Crippen molar-refractivity contribution in [1.82, 2.24) is 9.88 Å². The average molecular weight is 540 g/mol. The summed E-state index contributed by atoms with van der Waals surface area (Å²) in [4.78, 5) is 24.2. The summed E-state index contributed by atoms with van der Waals surface area (Å²) < 4.78 is 10.8. The number of aromatic nitrogens is 1. The number of pyridine rings is 1. The highest BCUT2D eigenvalue weighted by atomic mass is 16.5. The Labute approximate surface area is 236 Å². The maximum absolute atomic E-state index is 12.9. The van der Waals surface area contributed by atoms with E-state index in [1.165, 1.54) is 0 Å². The lowest BCUT2D eigenvalue weighted by Crippen LogP contribution is -2.37. The van der Waals surface area contributed by atoms with Crippen molar-refractivity contribution in [3.63, 3.8) is 0 Å². The number of nitriles is 1. The van der Waals surface area contributed by atoms with Crippen LogP contribution in [0, 0.1) is 17.2 Å². The van der Waals surface area contributed by atoms with E-state index < -0.39 is 0 Å². The molecule has 0 spiro atoms. The molecule has 3 aromatic rings. The number of methoxy groups -OCH3 is 2. The molecular formula is C32H37N5O3. The van der Waals surface area contributed by atoms with Gasteiger partial charge in [0, 0.05) is 49.0 Å². The number of hydrogen-bond donors (Lipinski definition) is 1.